The van der Waals surface area contributed by atoms with Crippen LogP contribution < -0.4 is 51.4 Å². The van der Waals surface area contributed by atoms with Crippen LogP contribution in [0.3, 0.4) is 0 Å². The Hall–Kier alpha value is 0.396. The Morgan fingerprint density at radius 2 is 1.86 bits per heavy atom. The van der Waals surface area contributed by atoms with Crippen LogP contribution in [-0.2, 0) is 0 Å². The van der Waals surface area contributed by atoms with E-state index in [9.17, 15) is 0 Å². The molecular formula is C12H17KN-. The third-order valence-electron chi connectivity index (χ3n) is 1.64. The van der Waals surface area contributed by atoms with Gasteiger partial charge in [0.15, 0.2) is 0 Å². The third kappa shape index (κ3) is 4.28. The molecule has 0 radical (unpaired) electrons. The van der Waals surface area contributed by atoms with Gasteiger partial charge in [-0.15, -0.1) is 23.8 Å². The van der Waals surface area contributed by atoms with Crippen LogP contribution in [-0.4, -0.2) is 4.98 Å². The van der Waals surface area contributed by atoms with Gasteiger partial charge in [-0.25, -0.2) is 0 Å². The predicted octanol–water partition coefficient (Wildman–Crippen LogP) is 0.757. The molecule has 1 aromatic carbocycles. The van der Waals surface area contributed by atoms with Gasteiger partial charge in [0.2, 0.25) is 0 Å². The molecule has 0 amide bonds. The zero-order valence-electron chi connectivity index (χ0n) is 9.81. The first kappa shape index (κ1) is 16.8. The van der Waals surface area contributed by atoms with Crippen LogP contribution in [0.2, 0.25) is 0 Å². The molecule has 0 bridgehead atoms. The van der Waals surface area contributed by atoms with E-state index in [1.54, 1.807) is 0 Å². The first-order valence-corrected chi connectivity index (χ1v) is 4.32. The first-order valence-electron chi connectivity index (χ1n) is 4.32. The van der Waals surface area contributed by atoms with Crippen molar-refractivity contribution in [2.24, 2.45) is 0 Å². The van der Waals surface area contributed by atoms with Crippen molar-refractivity contribution in [3.63, 3.8) is 0 Å². The summed E-state index contributed by atoms with van der Waals surface area (Å²) >= 11 is 0. The quantitative estimate of drug-likeness (QED) is 0.492. The number of fused-ring (bicyclic) bond motifs is 1. The Balaban J connectivity index is 0. The van der Waals surface area contributed by atoms with Gasteiger partial charge in [0, 0.05) is 0 Å². The predicted molar refractivity (Wildman–Crippen MR) is 59.6 cm³/mol. The average molecular weight is 214 g/mol. The molecule has 1 N–H and O–H groups in total. The van der Waals surface area contributed by atoms with Crippen LogP contribution >= 0.6 is 0 Å². The topological polar surface area (TPSA) is 15.8 Å². The summed E-state index contributed by atoms with van der Waals surface area (Å²) in [4.78, 5) is 3.02. The van der Waals surface area contributed by atoms with E-state index in [-0.39, 0.29) is 58.8 Å². The van der Waals surface area contributed by atoms with Gasteiger partial charge < -0.3 is 12.4 Å². The fourth-order valence-electron chi connectivity index (χ4n) is 1.11. The van der Waals surface area contributed by atoms with Crippen molar-refractivity contribution < 1.29 is 51.4 Å². The van der Waals surface area contributed by atoms with Gasteiger partial charge in [-0.05, 0) is 6.92 Å². The molecule has 2 heteroatoms. The molecular weight excluding hydrogens is 197 g/mol. The van der Waals surface area contributed by atoms with E-state index < -0.39 is 0 Å². The molecule has 0 saturated carbocycles. The molecule has 0 aliphatic carbocycles. The molecule has 0 aliphatic rings. The summed E-state index contributed by atoms with van der Waals surface area (Å²) in [6.45, 7) is 6.09. The first-order chi connectivity index (χ1) is 5.86. The van der Waals surface area contributed by atoms with E-state index in [0.717, 1.165) is 5.52 Å². The standard InChI is InChI=1S/C9H8N.C2H6.CH3.K/c1-7-2-3-9-8(6-7)4-5-10-9;1-2;;/h2-4,6,10H,1H3;1-2H3;1H3;/q-1;;-1;+1. The molecule has 2 aromatic rings. The maximum Gasteiger partial charge on any atom is 1.00 e. The Labute approximate surface area is 130 Å². The van der Waals surface area contributed by atoms with Gasteiger partial charge in [-0.3, -0.25) is 0 Å². The van der Waals surface area contributed by atoms with Gasteiger partial charge in [-0.2, -0.15) is 11.5 Å². The molecule has 1 nitrogen and oxygen atoms in total. The van der Waals surface area contributed by atoms with Gasteiger partial charge >= 0.3 is 51.4 Å². The molecule has 0 atom stereocenters. The molecule has 0 spiro atoms. The monoisotopic (exact) mass is 214 g/mol. The summed E-state index contributed by atoms with van der Waals surface area (Å²) in [5, 5.41) is 1.24. The molecule has 0 saturated heterocycles. The van der Waals surface area contributed by atoms with E-state index in [1.165, 1.54) is 10.9 Å². The molecule has 2 rings (SSSR count). The van der Waals surface area contributed by atoms with Crippen LogP contribution in [0, 0.1) is 20.5 Å². The van der Waals surface area contributed by atoms with Crippen molar-refractivity contribution in [1.29, 1.82) is 0 Å². The number of nitrogens with one attached hydrogen (secondary N) is 1. The number of aryl methyl sites for hydroxylation is 1. The summed E-state index contributed by atoms with van der Waals surface area (Å²) < 4.78 is 0. The maximum absolute atomic E-state index is 3.02. The maximum atomic E-state index is 3.02. The number of benzene rings is 1. The number of aromatic amines is 1. The second kappa shape index (κ2) is 8.68. The Bertz CT molecular complexity index is 352. The van der Waals surface area contributed by atoms with Crippen molar-refractivity contribution in [2.45, 2.75) is 20.8 Å². The van der Waals surface area contributed by atoms with Crippen molar-refractivity contribution >= 4 is 10.9 Å². The smallest absolute Gasteiger partial charge is 0.477 e. The molecule has 0 unspecified atom stereocenters. The molecule has 72 valence electrons. The molecule has 0 aliphatic heterocycles. The van der Waals surface area contributed by atoms with E-state index in [2.05, 4.69) is 36.3 Å². The van der Waals surface area contributed by atoms with E-state index in [1.807, 2.05) is 19.9 Å². The number of rotatable bonds is 0. The summed E-state index contributed by atoms with van der Waals surface area (Å²) in [7, 11) is 0. The second-order valence-corrected chi connectivity index (χ2v) is 2.50. The Morgan fingerprint density at radius 1 is 1.21 bits per heavy atom. The SMILES string of the molecule is CC.Cc1ccc2[nH][c-]cc2c1.[CH3-].[K+]. The number of H-pyrrole nitrogens is 1. The minimum atomic E-state index is 0. The van der Waals surface area contributed by atoms with Gasteiger partial charge in [0.05, 0.1) is 0 Å². The van der Waals surface area contributed by atoms with Crippen molar-refractivity contribution in [3.05, 3.63) is 43.5 Å². The zero-order chi connectivity index (χ0) is 8.97. The van der Waals surface area contributed by atoms with Crippen LogP contribution in [0.15, 0.2) is 24.3 Å². The van der Waals surface area contributed by atoms with Gasteiger partial charge in [-0.1, -0.05) is 25.5 Å². The van der Waals surface area contributed by atoms with Crippen LogP contribution in [0.4, 0.5) is 0 Å². The van der Waals surface area contributed by atoms with Crippen molar-refractivity contribution in [1.82, 2.24) is 4.98 Å². The average Bonchev–Trinajstić information content (AvgIpc) is 2.54. The Morgan fingerprint density at radius 3 is 2.50 bits per heavy atom. The minimum absolute atomic E-state index is 0. The zero-order valence-corrected chi connectivity index (χ0v) is 12.9. The summed E-state index contributed by atoms with van der Waals surface area (Å²) in [6.07, 6.45) is 2.94. The summed E-state index contributed by atoms with van der Waals surface area (Å²) in [6, 6.07) is 8.26. The fraction of sp³-hybridized carbons (Fsp3) is 0.250. The summed E-state index contributed by atoms with van der Waals surface area (Å²) in [5.41, 5.74) is 2.45. The van der Waals surface area contributed by atoms with Gasteiger partial charge in [0.1, 0.15) is 0 Å². The second-order valence-electron chi connectivity index (χ2n) is 2.50. The van der Waals surface area contributed by atoms with Gasteiger partial charge in [0.25, 0.3) is 0 Å². The Kier molecular flexibility index (Phi) is 10.4. The summed E-state index contributed by atoms with van der Waals surface area (Å²) in [5.74, 6) is 0. The molecule has 1 heterocycles. The molecule has 14 heavy (non-hydrogen) atoms. The van der Waals surface area contributed by atoms with Crippen molar-refractivity contribution in [3.8, 4) is 0 Å². The van der Waals surface area contributed by atoms with Crippen LogP contribution in [0.5, 0.6) is 0 Å². The van der Waals surface area contributed by atoms with Crippen molar-refractivity contribution in [2.75, 3.05) is 0 Å². The largest absolute Gasteiger partial charge is 1.00 e. The van der Waals surface area contributed by atoms with Crippen LogP contribution in [0.1, 0.15) is 19.4 Å². The number of hydrogen-bond donors (Lipinski definition) is 1. The van der Waals surface area contributed by atoms with E-state index in [4.69, 9.17) is 0 Å². The third-order valence-corrected chi connectivity index (χ3v) is 1.64. The minimum Gasteiger partial charge on any atom is -0.477 e. The van der Waals surface area contributed by atoms with Crippen LogP contribution in [0.25, 0.3) is 10.9 Å². The number of aromatic nitrogens is 1. The fourth-order valence-corrected chi connectivity index (χ4v) is 1.11. The number of hydrogen-bond acceptors (Lipinski definition) is 0. The van der Waals surface area contributed by atoms with E-state index in [0.29, 0.717) is 0 Å². The van der Waals surface area contributed by atoms with E-state index >= 15 is 0 Å². The normalized spacial score (nSPS) is 7.93. The molecule has 0 fully saturated rings. The molecule has 1 aromatic heterocycles.